The fourth-order valence-electron chi connectivity index (χ4n) is 2.37. The number of aromatic amines is 1. The van der Waals surface area contributed by atoms with E-state index in [1.165, 1.54) is 0 Å². The largest absolute Gasteiger partial charge is 0.439 e. The number of hydrogen-bond donors (Lipinski definition) is 2. The normalized spacial score (nSPS) is 10.3. The molecule has 0 fully saturated rings. The van der Waals surface area contributed by atoms with Gasteiger partial charge in [-0.2, -0.15) is 4.98 Å². The number of aromatic nitrogens is 3. The molecule has 2 heterocycles. The lowest BCUT2D eigenvalue weighted by atomic mass is 10.2. The highest BCUT2D eigenvalue weighted by atomic mass is 79.9. The second kappa shape index (κ2) is 7.55. The summed E-state index contributed by atoms with van der Waals surface area (Å²) in [6, 6.07) is 17.4. The van der Waals surface area contributed by atoms with Gasteiger partial charge in [0.05, 0.1) is 0 Å². The summed E-state index contributed by atoms with van der Waals surface area (Å²) in [7, 11) is 0. The van der Waals surface area contributed by atoms with Crippen LogP contribution in [0.3, 0.4) is 0 Å². The van der Waals surface area contributed by atoms with Crippen LogP contribution in [0.1, 0.15) is 0 Å². The molecule has 5 nitrogen and oxygen atoms in total. The molecule has 0 saturated carbocycles. The number of rotatable bonds is 4. The molecule has 0 radical (unpaired) electrons. The Morgan fingerprint density at radius 2 is 1.96 bits per heavy atom. The van der Waals surface area contributed by atoms with E-state index < -0.39 is 0 Å². The molecule has 4 aromatic rings. The lowest BCUT2D eigenvalue weighted by molar-refractivity contribution is 0.463. The van der Waals surface area contributed by atoms with Crippen LogP contribution in [-0.2, 0) is 0 Å². The number of hydrogen-bond acceptors (Lipinski definition) is 4. The third kappa shape index (κ3) is 4.10. The Bertz CT molecular complexity index is 1000. The Morgan fingerprint density at radius 1 is 1.04 bits per heavy atom. The average Bonchev–Trinajstić information content (AvgIpc) is 3.03. The first kappa shape index (κ1) is 17.3. The summed E-state index contributed by atoms with van der Waals surface area (Å²) in [6.45, 7) is 0. The zero-order valence-electron chi connectivity index (χ0n) is 12.9. The van der Waals surface area contributed by atoms with Crippen LogP contribution < -0.4 is 10.1 Å². The molecule has 0 bridgehead atoms. The summed E-state index contributed by atoms with van der Waals surface area (Å²) in [4.78, 5) is 11.8. The topological polar surface area (TPSA) is 62.8 Å². The number of nitrogens with one attached hydrogen (secondary N) is 2. The maximum absolute atomic E-state index is 5.84. The van der Waals surface area contributed by atoms with Gasteiger partial charge < -0.3 is 15.0 Å². The zero-order valence-corrected chi connectivity index (χ0v) is 15.3. The van der Waals surface area contributed by atoms with Gasteiger partial charge in [-0.1, -0.05) is 22.0 Å². The molecule has 0 saturated heterocycles. The van der Waals surface area contributed by atoms with Crippen molar-refractivity contribution in [2.45, 2.75) is 0 Å². The van der Waals surface area contributed by atoms with E-state index in [9.17, 15) is 0 Å². The van der Waals surface area contributed by atoms with Crippen molar-refractivity contribution in [2.75, 3.05) is 5.32 Å². The summed E-state index contributed by atoms with van der Waals surface area (Å²) in [6.07, 6.45) is 3.57. The SMILES string of the molecule is Brc1cccc(Nc2nccc(Oc3ccc4[nH]ccc4c3)n2)c1.Cl. The van der Waals surface area contributed by atoms with Crippen LogP contribution >= 0.6 is 28.3 Å². The third-order valence-corrected chi connectivity index (χ3v) is 3.95. The van der Waals surface area contributed by atoms with Crippen LogP contribution in [0.25, 0.3) is 10.9 Å². The van der Waals surface area contributed by atoms with Crippen molar-refractivity contribution >= 4 is 50.9 Å². The Morgan fingerprint density at radius 3 is 2.84 bits per heavy atom. The number of H-pyrrole nitrogens is 1. The van der Waals surface area contributed by atoms with E-state index in [1.807, 2.05) is 54.7 Å². The van der Waals surface area contributed by atoms with E-state index in [-0.39, 0.29) is 12.4 Å². The maximum Gasteiger partial charge on any atom is 0.230 e. The Balaban J connectivity index is 0.00000182. The second-order valence-corrected chi connectivity index (χ2v) is 6.10. The van der Waals surface area contributed by atoms with Crippen molar-refractivity contribution < 1.29 is 4.74 Å². The smallest absolute Gasteiger partial charge is 0.230 e. The van der Waals surface area contributed by atoms with Gasteiger partial charge in [-0.05, 0) is 42.5 Å². The van der Waals surface area contributed by atoms with Gasteiger partial charge in [0, 0.05) is 39.5 Å². The van der Waals surface area contributed by atoms with E-state index in [4.69, 9.17) is 4.74 Å². The zero-order chi connectivity index (χ0) is 16.4. The molecule has 4 rings (SSSR count). The summed E-state index contributed by atoms with van der Waals surface area (Å²) in [5.74, 6) is 1.69. The molecule has 0 aliphatic heterocycles. The minimum Gasteiger partial charge on any atom is -0.439 e. The summed E-state index contributed by atoms with van der Waals surface area (Å²) in [5, 5.41) is 4.25. The van der Waals surface area contributed by atoms with Crippen LogP contribution in [0, 0.1) is 0 Å². The highest BCUT2D eigenvalue weighted by molar-refractivity contribution is 9.10. The van der Waals surface area contributed by atoms with Crippen molar-refractivity contribution in [3.05, 3.63) is 71.5 Å². The lowest BCUT2D eigenvalue weighted by Crippen LogP contribution is -1.98. The number of halogens is 2. The summed E-state index contributed by atoms with van der Waals surface area (Å²) >= 11 is 3.44. The fraction of sp³-hybridized carbons (Fsp3) is 0. The van der Waals surface area contributed by atoms with Gasteiger partial charge in [0.1, 0.15) is 5.75 Å². The van der Waals surface area contributed by atoms with Crippen LogP contribution in [0.5, 0.6) is 11.6 Å². The molecule has 0 unspecified atom stereocenters. The van der Waals surface area contributed by atoms with Crippen molar-refractivity contribution in [3.8, 4) is 11.6 Å². The van der Waals surface area contributed by atoms with Crippen molar-refractivity contribution in [1.82, 2.24) is 15.0 Å². The monoisotopic (exact) mass is 416 g/mol. The predicted molar refractivity (Wildman–Crippen MR) is 105 cm³/mol. The van der Waals surface area contributed by atoms with Crippen LogP contribution in [-0.4, -0.2) is 15.0 Å². The van der Waals surface area contributed by atoms with Gasteiger partial charge in [0.15, 0.2) is 0 Å². The van der Waals surface area contributed by atoms with Gasteiger partial charge in [-0.15, -0.1) is 12.4 Å². The van der Waals surface area contributed by atoms with Gasteiger partial charge >= 0.3 is 0 Å². The Kier molecular flexibility index (Phi) is 5.21. The van der Waals surface area contributed by atoms with E-state index in [0.29, 0.717) is 11.8 Å². The third-order valence-electron chi connectivity index (χ3n) is 3.46. The molecule has 0 spiro atoms. The minimum absolute atomic E-state index is 0. The molecule has 2 N–H and O–H groups in total. The van der Waals surface area contributed by atoms with Gasteiger partial charge in [0.25, 0.3) is 0 Å². The van der Waals surface area contributed by atoms with Gasteiger partial charge in [-0.25, -0.2) is 4.98 Å². The molecule has 25 heavy (non-hydrogen) atoms. The maximum atomic E-state index is 5.84. The highest BCUT2D eigenvalue weighted by Crippen LogP contribution is 2.25. The number of fused-ring (bicyclic) bond motifs is 1. The first-order valence-electron chi connectivity index (χ1n) is 7.37. The van der Waals surface area contributed by atoms with Crippen LogP contribution in [0.4, 0.5) is 11.6 Å². The molecule has 2 aromatic carbocycles. The van der Waals surface area contributed by atoms with E-state index in [0.717, 1.165) is 26.8 Å². The second-order valence-electron chi connectivity index (χ2n) is 5.18. The van der Waals surface area contributed by atoms with E-state index in [1.54, 1.807) is 12.3 Å². The standard InChI is InChI=1S/C18H13BrN4O.ClH/c19-13-2-1-3-14(11-13)22-18-21-9-7-17(23-18)24-15-4-5-16-12(10-15)6-8-20-16;/h1-11,20H,(H,21,22,23);1H. The first-order chi connectivity index (χ1) is 11.8. The Labute approximate surface area is 159 Å². The number of anilines is 2. The molecular weight excluding hydrogens is 404 g/mol. The van der Waals surface area contributed by atoms with Crippen LogP contribution in [0.2, 0.25) is 0 Å². The van der Waals surface area contributed by atoms with Crippen molar-refractivity contribution in [1.29, 1.82) is 0 Å². The molecule has 126 valence electrons. The summed E-state index contributed by atoms with van der Waals surface area (Å²) < 4.78 is 6.83. The number of nitrogens with zero attached hydrogens (tertiary/aromatic N) is 2. The quantitative estimate of drug-likeness (QED) is 0.448. The van der Waals surface area contributed by atoms with E-state index in [2.05, 4.69) is 36.2 Å². The predicted octanol–water partition coefficient (Wildman–Crippen LogP) is 5.68. The Hall–Kier alpha value is -2.57. The first-order valence-corrected chi connectivity index (χ1v) is 8.16. The fourth-order valence-corrected chi connectivity index (χ4v) is 2.77. The van der Waals surface area contributed by atoms with Gasteiger partial charge in [0.2, 0.25) is 11.8 Å². The van der Waals surface area contributed by atoms with Crippen molar-refractivity contribution in [3.63, 3.8) is 0 Å². The molecular formula is C18H14BrClN4O. The molecule has 0 aliphatic rings. The molecule has 2 aromatic heterocycles. The van der Waals surface area contributed by atoms with Crippen molar-refractivity contribution in [2.24, 2.45) is 0 Å². The lowest BCUT2D eigenvalue weighted by Gasteiger charge is -2.08. The minimum atomic E-state index is 0. The molecule has 0 amide bonds. The molecule has 0 aliphatic carbocycles. The summed E-state index contributed by atoms with van der Waals surface area (Å²) in [5.41, 5.74) is 1.97. The van der Waals surface area contributed by atoms with E-state index >= 15 is 0 Å². The molecule has 0 atom stereocenters. The molecule has 7 heteroatoms. The number of benzene rings is 2. The van der Waals surface area contributed by atoms with Crippen LogP contribution in [0.15, 0.2) is 71.5 Å². The highest BCUT2D eigenvalue weighted by Gasteiger charge is 2.04. The van der Waals surface area contributed by atoms with Gasteiger partial charge in [-0.3, -0.25) is 0 Å². The average molecular weight is 418 g/mol. The number of ether oxygens (including phenoxy) is 1.